The van der Waals surface area contributed by atoms with Crippen LogP contribution in [0.4, 0.5) is 8.78 Å². The normalized spacial score (nSPS) is 18.5. The van der Waals surface area contributed by atoms with Gasteiger partial charge in [-0.2, -0.15) is 5.10 Å². The quantitative estimate of drug-likeness (QED) is 0.594. The number of piperidine rings is 1. The second-order valence-electron chi connectivity index (χ2n) is 9.42. The first-order valence-electron chi connectivity index (χ1n) is 11.8. The minimum absolute atomic E-state index is 0.000276. The smallest absolute Gasteiger partial charge is 0.273 e. The molecule has 35 heavy (non-hydrogen) atoms. The van der Waals surface area contributed by atoms with E-state index in [2.05, 4.69) is 15.5 Å². The Kier molecular flexibility index (Phi) is 5.69. The van der Waals surface area contributed by atoms with Crippen molar-refractivity contribution in [1.29, 1.82) is 0 Å². The van der Waals surface area contributed by atoms with Crippen LogP contribution in [-0.4, -0.2) is 44.6 Å². The number of H-pyrrole nitrogens is 1. The molecule has 2 aliphatic rings. The van der Waals surface area contributed by atoms with Gasteiger partial charge in [0.05, 0.1) is 28.7 Å². The highest BCUT2D eigenvalue weighted by Gasteiger charge is 2.40. The minimum Gasteiger partial charge on any atom is -0.345 e. The second kappa shape index (κ2) is 8.58. The van der Waals surface area contributed by atoms with E-state index >= 15 is 0 Å². The standard InChI is InChI=1S/C25H27F2N5O3/c1-14(17-4-3-5-21-18(17)6-9-25(21,26)27)29-23(34)20-13-32(24(35)19-12-28-30-22(19)20)16-7-10-31(11-8-16)15(2)33/h3-5,12-14,16H,6-11H2,1-2H3,(H,28,30)(H,29,34). The lowest BCUT2D eigenvalue weighted by atomic mass is 9.97. The largest absolute Gasteiger partial charge is 0.345 e. The van der Waals surface area contributed by atoms with E-state index in [4.69, 9.17) is 0 Å². The molecule has 2 aromatic heterocycles. The van der Waals surface area contributed by atoms with Crippen LogP contribution in [0.15, 0.2) is 35.4 Å². The summed E-state index contributed by atoms with van der Waals surface area (Å²) in [4.78, 5) is 39.9. The minimum atomic E-state index is -2.86. The molecule has 1 aliphatic carbocycles. The first-order chi connectivity index (χ1) is 16.7. The Bertz CT molecular complexity index is 1370. The van der Waals surface area contributed by atoms with Crippen molar-refractivity contribution >= 4 is 22.7 Å². The van der Waals surface area contributed by atoms with E-state index < -0.39 is 17.9 Å². The van der Waals surface area contributed by atoms with Gasteiger partial charge in [-0.25, -0.2) is 8.78 Å². The molecule has 1 unspecified atom stereocenters. The van der Waals surface area contributed by atoms with Crippen molar-refractivity contribution < 1.29 is 18.4 Å². The van der Waals surface area contributed by atoms with Gasteiger partial charge in [-0.1, -0.05) is 18.2 Å². The summed E-state index contributed by atoms with van der Waals surface area (Å²) < 4.78 is 30.0. The third-order valence-electron chi connectivity index (χ3n) is 7.30. The number of hydrogen-bond acceptors (Lipinski definition) is 4. The van der Waals surface area contributed by atoms with Crippen LogP contribution in [0.25, 0.3) is 10.9 Å². The number of alkyl halides is 2. The third-order valence-corrected chi connectivity index (χ3v) is 7.30. The number of carbonyl (C=O) groups is 2. The number of nitrogens with one attached hydrogen (secondary N) is 2. The predicted molar refractivity (Wildman–Crippen MR) is 125 cm³/mol. The third kappa shape index (κ3) is 4.00. The first-order valence-corrected chi connectivity index (χ1v) is 11.8. The average molecular weight is 484 g/mol. The number of nitrogens with zero attached hydrogens (tertiary/aromatic N) is 3. The molecule has 184 valence electrons. The van der Waals surface area contributed by atoms with Crippen LogP contribution >= 0.6 is 0 Å². The summed E-state index contributed by atoms with van der Waals surface area (Å²) in [5.74, 6) is -3.28. The van der Waals surface area contributed by atoms with Crippen LogP contribution in [0.3, 0.4) is 0 Å². The molecule has 1 aliphatic heterocycles. The van der Waals surface area contributed by atoms with Crippen molar-refractivity contribution in [1.82, 2.24) is 25.0 Å². The van der Waals surface area contributed by atoms with E-state index in [1.165, 1.54) is 19.2 Å². The zero-order valence-electron chi connectivity index (χ0n) is 19.6. The summed E-state index contributed by atoms with van der Waals surface area (Å²) in [6.45, 7) is 4.37. The van der Waals surface area contributed by atoms with E-state index in [0.29, 0.717) is 48.0 Å². The van der Waals surface area contributed by atoms with Crippen LogP contribution in [0.1, 0.15) is 72.2 Å². The highest BCUT2D eigenvalue weighted by molar-refractivity contribution is 6.05. The summed E-state index contributed by atoms with van der Waals surface area (Å²) in [5, 5.41) is 9.95. The van der Waals surface area contributed by atoms with Crippen molar-refractivity contribution in [3.8, 4) is 0 Å². The molecule has 0 spiro atoms. The maximum atomic E-state index is 14.2. The molecule has 1 atom stereocenters. The molecule has 8 nitrogen and oxygen atoms in total. The fraction of sp³-hybridized carbons (Fsp3) is 0.440. The molecule has 0 saturated carbocycles. The summed E-state index contributed by atoms with van der Waals surface area (Å²) in [6, 6.07) is 4.14. The fourth-order valence-electron chi connectivity index (χ4n) is 5.36. The molecule has 3 aromatic rings. The molecular weight excluding hydrogens is 456 g/mol. The number of aromatic amines is 1. The van der Waals surface area contributed by atoms with E-state index in [1.54, 1.807) is 34.7 Å². The van der Waals surface area contributed by atoms with Crippen molar-refractivity contribution in [3.63, 3.8) is 0 Å². The molecule has 2 N–H and O–H groups in total. The lowest BCUT2D eigenvalue weighted by molar-refractivity contribution is -0.130. The van der Waals surface area contributed by atoms with E-state index in [9.17, 15) is 23.2 Å². The lowest BCUT2D eigenvalue weighted by Gasteiger charge is -2.32. The zero-order valence-corrected chi connectivity index (χ0v) is 19.6. The van der Waals surface area contributed by atoms with Gasteiger partial charge in [0.25, 0.3) is 17.4 Å². The number of fused-ring (bicyclic) bond motifs is 2. The molecule has 2 amide bonds. The Balaban J connectivity index is 1.45. The summed E-state index contributed by atoms with van der Waals surface area (Å²) >= 11 is 0. The Hall–Kier alpha value is -3.56. The molecule has 5 rings (SSSR count). The monoisotopic (exact) mass is 483 g/mol. The van der Waals surface area contributed by atoms with Gasteiger partial charge in [-0.05, 0) is 37.3 Å². The van der Waals surface area contributed by atoms with Crippen LogP contribution in [0.2, 0.25) is 0 Å². The molecule has 0 bridgehead atoms. The molecule has 3 heterocycles. The maximum Gasteiger partial charge on any atom is 0.273 e. The molecule has 0 radical (unpaired) electrons. The number of halogens is 2. The number of likely N-dealkylation sites (tertiary alicyclic amines) is 1. The Labute approximate surface area is 200 Å². The van der Waals surface area contributed by atoms with Gasteiger partial charge in [0.2, 0.25) is 5.91 Å². The van der Waals surface area contributed by atoms with Gasteiger partial charge in [0.1, 0.15) is 0 Å². The van der Waals surface area contributed by atoms with Crippen LogP contribution < -0.4 is 10.9 Å². The van der Waals surface area contributed by atoms with Crippen LogP contribution in [-0.2, 0) is 17.1 Å². The predicted octanol–water partition coefficient (Wildman–Crippen LogP) is 3.44. The fourth-order valence-corrected chi connectivity index (χ4v) is 5.36. The Morgan fingerprint density at radius 3 is 2.71 bits per heavy atom. The summed E-state index contributed by atoms with van der Waals surface area (Å²) in [7, 11) is 0. The molecule has 1 saturated heterocycles. The second-order valence-corrected chi connectivity index (χ2v) is 9.42. The number of hydrogen-bond donors (Lipinski definition) is 2. The van der Waals surface area contributed by atoms with Crippen molar-refractivity contribution in [2.45, 2.75) is 57.5 Å². The van der Waals surface area contributed by atoms with Crippen molar-refractivity contribution in [2.24, 2.45) is 0 Å². The van der Waals surface area contributed by atoms with Crippen molar-refractivity contribution in [2.75, 3.05) is 13.1 Å². The van der Waals surface area contributed by atoms with E-state index in [-0.39, 0.29) is 41.5 Å². The first kappa shape index (κ1) is 23.2. The maximum absolute atomic E-state index is 14.2. The van der Waals surface area contributed by atoms with E-state index in [0.717, 1.165) is 0 Å². The van der Waals surface area contributed by atoms with Gasteiger partial charge in [-0.15, -0.1) is 0 Å². The SMILES string of the molecule is CC(=O)N1CCC(n2cc(C(=O)NC(C)c3cccc4c3CCC4(F)F)c3[nH]ncc3c2=O)CC1. The summed E-state index contributed by atoms with van der Waals surface area (Å²) in [5.41, 5.74) is 1.62. The van der Waals surface area contributed by atoms with Gasteiger partial charge in [0.15, 0.2) is 0 Å². The number of aromatic nitrogens is 3. The Morgan fingerprint density at radius 1 is 1.26 bits per heavy atom. The van der Waals surface area contributed by atoms with Crippen LogP contribution in [0, 0.1) is 0 Å². The highest BCUT2D eigenvalue weighted by Crippen LogP contribution is 2.43. The van der Waals surface area contributed by atoms with Gasteiger partial charge in [-0.3, -0.25) is 19.5 Å². The number of amides is 2. The van der Waals surface area contributed by atoms with Gasteiger partial charge in [0, 0.05) is 44.2 Å². The Morgan fingerprint density at radius 2 is 2.00 bits per heavy atom. The number of benzene rings is 1. The molecule has 1 fully saturated rings. The van der Waals surface area contributed by atoms with Crippen molar-refractivity contribution in [3.05, 3.63) is 63.2 Å². The zero-order chi connectivity index (χ0) is 24.9. The highest BCUT2D eigenvalue weighted by atomic mass is 19.3. The van der Waals surface area contributed by atoms with Gasteiger partial charge >= 0.3 is 0 Å². The summed E-state index contributed by atoms with van der Waals surface area (Å²) in [6.07, 6.45) is 4.18. The number of carbonyl (C=O) groups excluding carboxylic acids is 2. The van der Waals surface area contributed by atoms with Crippen LogP contribution in [0.5, 0.6) is 0 Å². The number of rotatable bonds is 4. The molecular formula is C25H27F2N5O3. The topological polar surface area (TPSA) is 100 Å². The lowest BCUT2D eigenvalue weighted by Crippen LogP contribution is -2.40. The molecule has 1 aromatic carbocycles. The average Bonchev–Trinajstić information content (AvgIpc) is 3.44. The van der Waals surface area contributed by atoms with E-state index in [1.807, 2.05) is 0 Å². The van der Waals surface area contributed by atoms with Gasteiger partial charge < -0.3 is 14.8 Å². The number of pyridine rings is 1. The molecule has 10 heteroatoms.